The number of amides is 6. The number of hydrogen-bond acceptors (Lipinski definition) is 5. The fourth-order valence-corrected chi connectivity index (χ4v) is 2.32. The highest BCUT2D eigenvalue weighted by Gasteiger charge is 2.41. The molecule has 0 saturated carbocycles. The molecular weight excluding hydrogens is 356 g/mol. The highest BCUT2D eigenvalue weighted by Crippen LogP contribution is 2.16. The summed E-state index contributed by atoms with van der Waals surface area (Å²) in [5, 5.41) is 12.9. The van der Waals surface area contributed by atoms with Crippen LogP contribution in [0.4, 0.5) is 9.59 Å². The van der Waals surface area contributed by atoms with Gasteiger partial charge in [0, 0.05) is 19.0 Å². The van der Waals surface area contributed by atoms with Crippen molar-refractivity contribution in [2.75, 3.05) is 14.1 Å². The molecule has 4 N–H and O–H groups in total. The second-order valence-electron chi connectivity index (χ2n) is 5.55. The SMILES string of the molecule is CNC(=O)N(C)C(=O)NC(C(=O)NC1C(=O)NC1N=[N+]=[N-])c1ccccc1. The van der Waals surface area contributed by atoms with Crippen molar-refractivity contribution in [2.24, 2.45) is 5.11 Å². The Balaban J connectivity index is 2.19. The van der Waals surface area contributed by atoms with E-state index in [1.54, 1.807) is 30.3 Å². The highest BCUT2D eigenvalue weighted by molar-refractivity contribution is 5.98. The normalized spacial score (nSPS) is 18.7. The third kappa shape index (κ3) is 4.44. The van der Waals surface area contributed by atoms with Crippen molar-refractivity contribution < 1.29 is 19.2 Å². The molecule has 1 aromatic carbocycles. The molecule has 1 saturated heterocycles. The molecule has 1 heterocycles. The molecule has 0 aliphatic carbocycles. The maximum absolute atomic E-state index is 12.7. The molecule has 6 amide bonds. The van der Waals surface area contributed by atoms with Gasteiger partial charge in [-0.3, -0.25) is 9.59 Å². The quantitative estimate of drug-likeness (QED) is 0.246. The minimum absolute atomic E-state index is 0.439. The summed E-state index contributed by atoms with van der Waals surface area (Å²) in [6, 6.07) is 4.58. The molecule has 1 aliphatic heterocycles. The molecule has 27 heavy (non-hydrogen) atoms. The Labute approximate surface area is 153 Å². The average molecular weight is 374 g/mol. The summed E-state index contributed by atoms with van der Waals surface area (Å²) >= 11 is 0. The summed E-state index contributed by atoms with van der Waals surface area (Å²) in [7, 11) is 2.60. The van der Waals surface area contributed by atoms with Crippen molar-refractivity contribution in [3.8, 4) is 0 Å². The molecular formula is C15H18N8O4. The molecule has 12 heteroatoms. The molecule has 0 radical (unpaired) electrons. The van der Waals surface area contributed by atoms with Gasteiger partial charge in [0.1, 0.15) is 18.2 Å². The Morgan fingerprint density at radius 1 is 1.26 bits per heavy atom. The fraction of sp³-hybridized carbons (Fsp3) is 0.333. The van der Waals surface area contributed by atoms with Gasteiger partial charge in [-0.1, -0.05) is 35.4 Å². The van der Waals surface area contributed by atoms with Crippen LogP contribution in [0.3, 0.4) is 0 Å². The zero-order valence-corrected chi connectivity index (χ0v) is 14.5. The summed E-state index contributed by atoms with van der Waals surface area (Å²) < 4.78 is 0. The molecule has 3 unspecified atom stereocenters. The first-order valence-corrected chi connectivity index (χ1v) is 7.85. The standard InChI is InChI=1S/C15H18N8O4/c1-17-14(26)23(2)15(27)19-9(8-6-4-3-5-7-8)12(24)18-10-11(21-22-16)20-13(10)25/h3-7,9-11H,1-2H3,(H,17,26)(H,18,24)(H,19,27)(H,20,25). The van der Waals surface area contributed by atoms with E-state index in [0.717, 1.165) is 4.90 Å². The number of β-lactam (4-membered cyclic amide) rings is 1. The summed E-state index contributed by atoms with van der Waals surface area (Å²) in [4.78, 5) is 51.5. The summed E-state index contributed by atoms with van der Waals surface area (Å²) in [5.74, 6) is -1.21. The number of nitrogens with one attached hydrogen (secondary N) is 4. The molecule has 12 nitrogen and oxygen atoms in total. The van der Waals surface area contributed by atoms with E-state index in [2.05, 4.69) is 31.3 Å². The number of carbonyl (C=O) groups is 4. The van der Waals surface area contributed by atoms with Gasteiger partial charge in [0.2, 0.25) is 11.8 Å². The Morgan fingerprint density at radius 2 is 1.93 bits per heavy atom. The average Bonchev–Trinajstić information content (AvgIpc) is 2.69. The van der Waals surface area contributed by atoms with Crippen molar-refractivity contribution in [3.05, 3.63) is 46.3 Å². The maximum Gasteiger partial charge on any atom is 0.326 e. The Morgan fingerprint density at radius 3 is 2.48 bits per heavy atom. The first kappa shape index (κ1) is 19.5. The Bertz CT molecular complexity index is 792. The summed E-state index contributed by atoms with van der Waals surface area (Å²) in [6.45, 7) is 0. The smallest absolute Gasteiger partial charge is 0.326 e. The van der Waals surface area contributed by atoms with E-state index >= 15 is 0 Å². The lowest BCUT2D eigenvalue weighted by molar-refractivity contribution is -0.136. The predicted octanol–water partition coefficient (Wildman–Crippen LogP) is -0.0405. The molecule has 1 aliphatic rings. The Hall–Kier alpha value is -3.79. The number of benzene rings is 1. The van der Waals surface area contributed by atoms with Gasteiger partial charge in [-0.2, -0.15) is 0 Å². The van der Waals surface area contributed by atoms with Crippen molar-refractivity contribution in [3.63, 3.8) is 0 Å². The van der Waals surface area contributed by atoms with Crippen LogP contribution < -0.4 is 21.3 Å². The zero-order chi connectivity index (χ0) is 20.0. The lowest BCUT2D eigenvalue weighted by atomic mass is 10.0. The zero-order valence-electron chi connectivity index (χ0n) is 14.5. The predicted molar refractivity (Wildman–Crippen MR) is 92.9 cm³/mol. The largest absolute Gasteiger partial charge is 0.343 e. The second-order valence-corrected chi connectivity index (χ2v) is 5.55. The van der Waals surface area contributed by atoms with Crippen LogP contribution in [0.15, 0.2) is 35.4 Å². The van der Waals surface area contributed by atoms with Crippen LogP contribution >= 0.6 is 0 Å². The van der Waals surface area contributed by atoms with E-state index in [0.29, 0.717) is 5.56 Å². The van der Waals surface area contributed by atoms with Gasteiger partial charge in [-0.05, 0) is 11.1 Å². The fourth-order valence-electron chi connectivity index (χ4n) is 2.32. The van der Waals surface area contributed by atoms with Gasteiger partial charge in [-0.25, -0.2) is 14.5 Å². The molecule has 1 aromatic rings. The number of imide groups is 1. The number of carbonyl (C=O) groups excluding carboxylic acids is 4. The van der Waals surface area contributed by atoms with Crippen LogP contribution in [0.1, 0.15) is 11.6 Å². The van der Waals surface area contributed by atoms with Crippen LogP contribution in [-0.2, 0) is 9.59 Å². The minimum atomic E-state index is -1.18. The summed E-state index contributed by atoms with van der Waals surface area (Å²) in [6.07, 6.45) is -0.910. The van der Waals surface area contributed by atoms with E-state index < -0.39 is 42.1 Å². The molecule has 3 atom stereocenters. The van der Waals surface area contributed by atoms with Crippen LogP contribution in [0.2, 0.25) is 0 Å². The van der Waals surface area contributed by atoms with Crippen molar-refractivity contribution in [1.82, 2.24) is 26.2 Å². The molecule has 142 valence electrons. The van der Waals surface area contributed by atoms with Crippen molar-refractivity contribution in [2.45, 2.75) is 18.2 Å². The first-order valence-electron chi connectivity index (χ1n) is 7.85. The van der Waals surface area contributed by atoms with E-state index in [4.69, 9.17) is 5.53 Å². The van der Waals surface area contributed by atoms with E-state index in [9.17, 15) is 19.2 Å². The molecule has 1 fully saturated rings. The minimum Gasteiger partial charge on any atom is -0.343 e. The van der Waals surface area contributed by atoms with Gasteiger partial charge in [-0.15, -0.1) is 0 Å². The molecule has 0 aromatic heterocycles. The van der Waals surface area contributed by atoms with Gasteiger partial charge >= 0.3 is 12.1 Å². The highest BCUT2D eigenvalue weighted by atomic mass is 16.2. The Kier molecular flexibility index (Phi) is 6.18. The summed E-state index contributed by atoms with van der Waals surface area (Å²) in [5.41, 5.74) is 8.92. The van der Waals surface area contributed by atoms with Crippen LogP contribution in [-0.4, -0.2) is 55.1 Å². The molecule has 2 rings (SSSR count). The van der Waals surface area contributed by atoms with Crippen LogP contribution in [0.5, 0.6) is 0 Å². The second kappa shape index (κ2) is 8.54. The number of azide groups is 1. The first-order chi connectivity index (χ1) is 12.9. The van der Waals surface area contributed by atoms with Gasteiger partial charge < -0.3 is 21.3 Å². The molecule has 0 bridgehead atoms. The van der Waals surface area contributed by atoms with E-state index in [1.807, 2.05) is 0 Å². The lowest BCUT2D eigenvalue weighted by Crippen LogP contribution is -2.69. The third-order valence-electron chi connectivity index (χ3n) is 3.85. The van der Waals surface area contributed by atoms with Crippen LogP contribution in [0.25, 0.3) is 10.4 Å². The molecule has 0 spiro atoms. The van der Waals surface area contributed by atoms with Gasteiger partial charge in [0.25, 0.3) is 0 Å². The monoisotopic (exact) mass is 374 g/mol. The third-order valence-corrected chi connectivity index (χ3v) is 3.85. The van der Waals surface area contributed by atoms with E-state index in [-0.39, 0.29) is 0 Å². The lowest BCUT2D eigenvalue weighted by Gasteiger charge is -2.34. The number of nitrogens with zero attached hydrogens (tertiary/aromatic N) is 4. The topological polar surface area (TPSA) is 168 Å². The van der Waals surface area contributed by atoms with Crippen molar-refractivity contribution in [1.29, 1.82) is 0 Å². The number of urea groups is 2. The van der Waals surface area contributed by atoms with Crippen LogP contribution in [0, 0.1) is 0 Å². The van der Waals surface area contributed by atoms with Gasteiger partial charge in [0.15, 0.2) is 0 Å². The number of hydrogen-bond donors (Lipinski definition) is 4. The maximum atomic E-state index is 12.7. The van der Waals surface area contributed by atoms with E-state index in [1.165, 1.54) is 14.1 Å². The number of rotatable bonds is 5. The van der Waals surface area contributed by atoms with Crippen molar-refractivity contribution >= 4 is 23.9 Å². The van der Waals surface area contributed by atoms with Gasteiger partial charge in [0.05, 0.1) is 0 Å².